The van der Waals surface area contributed by atoms with Gasteiger partial charge in [-0.05, 0) is 30.0 Å². The Balaban J connectivity index is 1.92. The van der Waals surface area contributed by atoms with Crippen LogP contribution in [0, 0.1) is 10.1 Å². The summed E-state index contributed by atoms with van der Waals surface area (Å²) in [6.45, 7) is 2.84. The van der Waals surface area contributed by atoms with Gasteiger partial charge in [-0.2, -0.15) is 0 Å². The van der Waals surface area contributed by atoms with E-state index in [1.54, 1.807) is 12.1 Å². The summed E-state index contributed by atoms with van der Waals surface area (Å²) in [6, 6.07) is 8.57. The number of aromatic nitrogens is 1. The molecule has 1 heterocycles. The Morgan fingerprint density at radius 2 is 2.00 bits per heavy atom. The smallest absolute Gasteiger partial charge is 0.269 e. The normalized spacial score (nSPS) is 12.3. The van der Waals surface area contributed by atoms with E-state index >= 15 is 0 Å². The molecule has 0 aliphatic heterocycles. The number of aryl methyl sites for hydroxylation is 2. The van der Waals surface area contributed by atoms with Crippen molar-refractivity contribution in [1.82, 2.24) is 4.57 Å². The second-order valence-electron chi connectivity index (χ2n) is 5.16. The minimum atomic E-state index is -0.393. The summed E-state index contributed by atoms with van der Waals surface area (Å²) in [5.74, 6) is 0. The van der Waals surface area contributed by atoms with E-state index in [0.29, 0.717) is 0 Å². The minimum absolute atomic E-state index is 0.115. The van der Waals surface area contributed by atoms with Gasteiger partial charge in [0.2, 0.25) is 0 Å². The molecule has 0 saturated heterocycles. The SMILES string of the molecule is CCCC(O)c1ccn(CCc2ccc([N+](=O)[O-])cc2)c1. The van der Waals surface area contributed by atoms with E-state index in [1.807, 2.05) is 23.0 Å². The van der Waals surface area contributed by atoms with Crippen LogP contribution in [0.3, 0.4) is 0 Å². The van der Waals surface area contributed by atoms with E-state index < -0.39 is 11.0 Å². The maximum atomic E-state index is 10.6. The zero-order valence-electron chi connectivity index (χ0n) is 12.1. The van der Waals surface area contributed by atoms with Crippen LogP contribution < -0.4 is 0 Å². The zero-order chi connectivity index (χ0) is 15.2. The average molecular weight is 288 g/mol. The summed E-state index contributed by atoms with van der Waals surface area (Å²) in [5.41, 5.74) is 2.12. The fraction of sp³-hybridized carbons (Fsp3) is 0.375. The molecule has 1 unspecified atom stereocenters. The highest BCUT2D eigenvalue weighted by molar-refractivity contribution is 5.32. The molecular formula is C16H20N2O3. The van der Waals surface area contributed by atoms with Crippen molar-refractivity contribution in [3.63, 3.8) is 0 Å². The van der Waals surface area contributed by atoms with Crippen molar-refractivity contribution in [3.8, 4) is 0 Å². The lowest BCUT2D eigenvalue weighted by Crippen LogP contribution is -2.00. The fourth-order valence-electron chi connectivity index (χ4n) is 2.28. The van der Waals surface area contributed by atoms with Crippen molar-refractivity contribution >= 4 is 5.69 Å². The number of nitrogens with zero attached hydrogens (tertiary/aromatic N) is 2. The Morgan fingerprint density at radius 3 is 2.62 bits per heavy atom. The van der Waals surface area contributed by atoms with E-state index in [4.69, 9.17) is 0 Å². The molecule has 1 N–H and O–H groups in total. The molecule has 5 heteroatoms. The van der Waals surface area contributed by atoms with Crippen LogP contribution in [0.25, 0.3) is 0 Å². The third-order valence-electron chi connectivity index (χ3n) is 3.53. The highest BCUT2D eigenvalue weighted by Gasteiger charge is 2.08. The Kier molecular flexibility index (Phi) is 5.11. The van der Waals surface area contributed by atoms with Gasteiger partial charge >= 0.3 is 0 Å². The third-order valence-corrected chi connectivity index (χ3v) is 3.53. The molecule has 1 aromatic heterocycles. The number of hydrogen-bond donors (Lipinski definition) is 1. The zero-order valence-corrected chi connectivity index (χ0v) is 12.1. The topological polar surface area (TPSA) is 68.3 Å². The van der Waals surface area contributed by atoms with E-state index in [1.165, 1.54) is 12.1 Å². The Labute approximate surface area is 124 Å². The van der Waals surface area contributed by atoms with Crippen LogP contribution in [0.2, 0.25) is 0 Å². The van der Waals surface area contributed by atoms with Crippen molar-refractivity contribution in [2.24, 2.45) is 0 Å². The molecule has 2 rings (SSSR count). The van der Waals surface area contributed by atoms with Gasteiger partial charge in [0.15, 0.2) is 0 Å². The molecule has 1 aromatic carbocycles. The number of non-ortho nitro benzene ring substituents is 1. The van der Waals surface area contributed by atoms with Crippen molar-refractivity contribution in [2.75, 3.05) is 0 Å². The number of aliphatic hydroxyl groups excluding tert-OH is 1. The molecule has 0 radical (unpaired) electrons. The van der Waals surface area contributed by atoms with Crippen molar-refractivity contribution in [2.45, 2.75) is 38.8 Å². The maximum absolute atomic E-state index is 10.6. The van der Waals surface area contributed by atoms with Crippen LogP contribution in [0.1, 0.15) is 37.0 Å². The first-order valence-electron chi connectivity index (χ1n) is 7.17. The molecule has 0 saturated carbocycles. The molecule has 112 valence electrons. The summed E-state index contributed by atoms with van der Waals surface area (Å²) in [4.78, 5) is 10.2. The van der Waals surface area contributed by atoms with E-state index in [2.05, 4.69) is 6.92 Å². The molecule has 1 atom stereocenters. The largest absolute Gasteiger partial charge is 0.388 e. The van der Waals surface area contributed by atoms with Gasteiger partial charge in [-0.3, -0.25) is 10.1 Å². The Hall–Kier alpha value is -2.14. The molecule has 0 spiro atoms. The molecule has 0 bridgehead atoms. The molecule has 21 heavy (non-hydrogen) atoms. The van der Waals surface area contributed by atoms with E-state index in [-0.39, 0.29) is 5.69 Å². The highest BCUT2D eigenvalue weighted by atomic mass is 16.6. The van der Waals surface area contributed by atoms with Gasteiger partial charge in [0.25, 0.3) is 5.69 Å². The summed E-state index contributed by atoms with van der Waals surface area (Å²) < 4.78 is 2.04. The lowest BCUT2D eigenvalue weighted by molar-refractivity contribution is -0.384. The second kappa shape index (κ2) is 7.04. The van der Waals surface area contributed by atoms with Crippen LogP contribution in [0.5, 0.6) is 0 Å². The van der Waals surface area contributed by atoms with Crippen LogP contribution >= 0.6 is 0 Å². The monoisotopic (exact) mass is 288 g/mol. The minimum Gasteiger partial charge on any atom is -0.388 e. The van der Waals surface area contributed by atoms with Gasteiger partial charge < -0.3 is 9.67 Å². The fourth-order valence-corrected chi connectivity index (χ4v) is 2.28. The van der Waals surface area contributed by atoms with E-state index in [0.717, 1.165) is 36.9 Å². The van der Waals surface area contributed by atoms with Gasteiger partial charge in [-0.25, -0.2) is 0 Å². The first kappa shape index (κ1) is 15.3. The number of benzene rings is 1. The van der Waals surface area contributed by atoms with Crippen molar-refractivity contribution in [3.05, 3.63) is 64.0 Å². The van der Waals surface area contributed by atoms with Gasteiger partial charge in [-0.1, -0.05) is 25.5 Å². The predicted molar refractivity (Wildman–Crippen MR) is 81.1 cm³/mol. The molecule has 0 aliphatic carbocycles. The molecular weight excluding hydrogens is 268 g/mol. The standard InChI is InChI=1S/C16H20N2O3/c1-2-3-16(19)14-9-11-17(12-14)10-8-13-4-6-15(7-5-13)18(20)21/h4-7,9,11-12,16,19H,2-3,8,10H2,1H3. The van der Waals surface area contributed by atoms with Crippen molar-refractivity contribution < 1.29 is 10.0 Å². The number of rotatable bonds is 7. The van der Waals surface area contributed by atoms with E-state index in [9.17, 15) is 15.2 Å². The molecule has 0 amide bonds. The summed E-state index contributed by atoms with van der Waals surface area (Å²) in [6.07, 6.45) is 6.05. The summed E-state index contributed by atoms with van der Waals surface area (Å²) >= 11 is 0. The lowest BCUT2D eigenvalue weighted by Gasteiger charge is -2.06. The lowest BCUT2D eigenvalue weighted by atomic mass is 10.1. The first-order chi connectivity index (χ1) is 10.1. The van der Waals surface area contributed by atoms with Gasteiger partial charge in [-0.15, -0.1) is 0 Å². The predicted octanol–water partition coefficient (Wildman–Crippen LogP) is 3.47. The van der Waals surface area contributed by atoms with Crippen LogP contribution in [-0.2, 0) is 13.0 Å². The van der Waals surface area contributed by atoms with Crippen LogP contribution in [0.15, 0.2) is 42.7 Å². The molecule has 0 fully saturated rings. The summed E-state index contributed by atoms with van der Waals surface area (Å²) in [5, 5.41) is 20.5. The Bertz CT molecular complexity index is 590. The maximum Gasteiger partial charge on any atom is 0.269 e. The van der Waals surface area contributed by atoms with Gasteiger partial charge in [0.1, 0.15) is 0 Å². The summed E-state index contributed by atoms with van der Waals surface area (Å²) in [7, 11) is 0. The van der Waals surface area contributed by atoms with Crippen molar-refractivity contribution in [1.29, 1.82) is 0 Å². The number of nitro groups is 1. The molecule has 5 nitrogen and oxygen atoms in total. The number of aliphatic hydroxyl groups is 1. The third kappa shape index (κ3) is 4.16. The van der Waals surface area contributed by atoms with Gasteiger partial charge in [0, 0.05) is 31.1 Å². The second-order valence-corrected chi connectivity index (χ2v) is 5.16. The average Bonchev–Trinajstić information content (AvgIpc) is 2.95. The number of hydrogen-bond acceptors (Lipinski definition) is 3. The van der Waals surface area contributed by atoms with Gasteiger partial charge in [0.05, 0.1) is 11.0 Å². The molecule has 0 aliphatic rings. The Morgan fingerprint density at radius 1 is 1.29 bits per heavy atom. The quantitative estimate of drug-likeness (QED) is 0.626. The molecule has 2 aromatic rings. The van der Waals surface area contributed by atoms with Crippen LogP contribution in [-0.4, -0.2) is 14.6 Å². The first-order valence-corrected chi connectivity index (χ1v) is 7.17. The highest BCUT2D eigenvalue weighted by Crippen LogP contribution is 2.19. The number of nitro benzene ring substituents is 1. The van der Waals surface area contributed by atoms with Crippen LogP contribution in [0.4, 0.5) is 5.69 Å².